The van der Waals surface area contributed by atoms with Crippen molar-refractivity contribution in [2.75, 3.05) is 32.1 Å². The lowest BCUT2D eigenvalue weighted by atomic mass is 9.82. The van der Waals surface area contributed by atoms with Crippen LogP contribution in [0.1, 0.15) is 73.0 Å². The van der Waals surface area contributed by atoms with Gasteiger partial charge in [-0.05, 0) is 110 Å². The number of nitrogens with one attached hydrogen (secondary N) is 2. The quantitative estimate of drug-likeness (QED) is 0.0709. The van der Waals surface area contributed by atoms with Gasteiger partial charge in [-0.25, -0.2) is 23.7 Å². The second kappa shape index (κ2) is 16.5. The molecule has 3 fully saturated rings. The molecular formula is C46H47F4N7O5. The van der Waals surface area contributed by atoms with E-state index in [1.807, 2.05) is 50.2 Å². The second-order valence-corrected chi connectivity index (χ2v) is 17.1. The molecule has 9 rings (SSSR count). The fraction of sp³-hybridized carbons (Fsp3) is 0.413. The van der Waals surface area contributed by atoms with Gasteiger partial charge in [0.2, 0.25) is 5.89 Å². The van der Waals surface area contributed by atoms with Crippen LogP contribution in [0.15, 0.2) is 65.2 Å². The Bertz CT molecular complexity index is 2670. The second-order valence-electron chi connectivity index (χ2n) is 17.1. The number of rotatable bonds is 14. The SMILES string of the molecule is COC(=O)C12CCC(CNCc3cc4nc(-c5cccc(-c6cccc(Nc7nc(C(F)F)nc8cc(CN9CCC(O)C9)cnc78)c6C)c5C)oc4cc3OC(F)F)(CC1)C2. The highest BCUT2D eigenvalue weighted by atomic mass is 19.3. The standard InChI is InChI=1S/C46H47F4N7O5/c1-25-30(31-7-5-9-33(26(31)2)53-40-38-35(54-41(56-40)39(47)48)16-27(19-52-38)21-57-15-10-29(58)22-57)6-4-8-32(25)42-55-34-17-28(36(62-44(49)50)18-37(34)61-42)20-51-24-45-11-13-46(23-45,14-12-45)43(59)60-3/h4-9,16-19,29,39,44,51,58H,10-15,20-24H2,1-3H3,(H,53,54,56). The number of oxazole rings is 1. The summed E-state index contributed by atoms with van der Waals surface area (Å²) in [6.45, 7) is 3.47. The Kier molecular flexibility index (Phi) is 11.1. The first-order valence-electron chi connectivity index (χ1n) is 20.8. The van der Waals surface area contributed by atoms with Gasteiger partial charge in [0.1, 0.15) is 16.8 Å². The molecule has 2 aliphatic carbocycles. The molecule has 0 spiro atoms. The fourth-order valence-corrected chi connectivity index (χ4v) is 9.90. The van der Waals surface area contributed by atoms with Crippen LogP contribution in [-0.4, -0.2) is 75.4 Å². The van der Waals surface area contributed by atoms with Crippen molar-refractivity contribution in [1.29, 1.82) is 0 Å². The van der Waals surface area contributed by atoms with Crippen LogP contribution in [0, 0.1) is 24.7 Å². The molecule has 4 heterocycles. The van der Waals surface area contributed by atoms with Crippen molar-refractivity contribution in [2.45, 2.75) is 84.6 Å². The Labute approximate surface area is 355 Å². The van der Waals surface area contributed by atoms with Crippen LogP contribution in [0.5, 0.6) is 5.75 Å². The molecule has 2 bridgehead atoms. The van der Waals surface area contributed by atoms with Gasteiger partial charge >= 0.3 is 12.6 Å². The van der Waals surface area contributed by atoms with E-state index >= 15 is 0 Å². The summed E-state index contributed by atoms with van der Waals surface area (Å²) in [5.74, 6) is -0.335. The van der Waals surface area contributed by atoms with Gasteiger partial charge in [0.05, 0.1) is 24.1 Å². The van der Waals surface area contributed by atoms with Gasteiger partial charge in [-0.1, -0.05) is 24.3 Å². The largest absolute Gasteiger partial charge is 0.469 e. The third kappa shape index (κ3) is 7.95. The number of carbonyl (C=O) groups excluding carboxylic acids is 1. The fourth-order valence-electron chi connectivity index (χ4n) is 9.90. The number of fused-ring (bicyclic) bond motifs is 4. The Morgan fingerprint density at radius 3 is 2.45 bits per heavy atom. The molecule has 1 aliphatic heterocycles. The number of nitrogens with zero attached hydrogens (tertiary/aromatic N) is 5. The van der Waals surface area contributed by atoms with Gasteiger partial charge < -0.3 is 29.6 Å². The number of esters is 1. The molecule has 3 aromatic heterocycles. The monoisotopic (exact) mass is 853 g/mol. The van der Waals surface area contributed by atoms with Gasteiger partial charge in [0, 0.05) is 61.8 Å². The molecular weight excluding hydrogens is 807 g/mol. The van der Waals surface area contributed by atoms with Gasteiger partial charge in [-0.15, -0.1) is 0 Å². The van der Waals surface area contributed by atoms with E-state index < -0.39 is 24.3 Å². The Morgan fingerprint density at radius 2 is 1.73 bits per heavy atom. The van der Waals surface area contributed by atoms with Crippen LogP contribution in [0.3, 0.4) is 0 Å². The van der Waals surface area contributed by atoms with Crippen molar-refractivity contribution in [1.82, 2.24) is 30.2 Å². The first kappa shape index (κ1) is 41.6. The number of ether oxygens (including phenoxy) is 2. The molecule has 3 aliphatic rings. The predicted molar refractivity (Wildman–Crippen MR) is 224 cm³/mol. The molecule has 1 atom stereocenters. The van der Waals surface area contributed by atoms with Crippen LogP contribution in [0.2, 0.25) is 0 Å². The smallest absolute Gasteiger partial charge is 0.387 e. The predicted octanol–water partition coefficient (Wildman–Crippen LogP) is 9.18. The first-order valence-corrected chi connectivity index (χ1v) is 20.8. The number of likely N-dealkylation sites (tertiary alicyclic amines) is 1. The molecule has 0 radical (unpaired) electrons. The zero-order valence-electron chi connectivity index (χ0n) is 34.6. The van der Waals surface area contributed by atoms with E-state index in [2.05, 4.69) is 30.5 Å². The number of hydrogen-bond acceptors (Lipinski definition) is 12. The van der Waals surface area contributed by atoms with E-state index in [-0.39, 0.29) is 46.7 Å². The molecule has 12 nitrogen and oxygen atoms in total. The topological polar surface area (TPSA) is 148 Å². The maximum Gasteiger partial charge on any atom is 0.387 e. The highest BCUT2D eigenvalue weighted by Gasteiger charge is 2.58. The molecule has 3 aromatic carbocycles. The summed E-state index contributed by atoms with van der Waals surface area (Å²) in [6, 6.07) is 16.3. The number of aromatic nitrogens is 4. The van der Waals surface area contributed by atoms with E-state index in [4.69, 9.17) is 18.9 Å². The minimum absolute atomic E-state index is 0.0111. The summed E-state index contributed by atoms with van der Waals surface area (Å²) < 4.78 is 71.9. The third-order valence-electron chi connectivity index (χ3n) is 13.1. The number of aliphatic hydroxyl groups excluding tert-OH is 1. The van der Waals surface area contributed by atoms with Crippen LogP contribution < -0.4 is 15.4 Å². The van der Waals surface area contributed by atoms with Crippen molar-refractivity contribution in [3.05, 3.63) is 88.9 Å². The average Bonchev–Trinajstić information content (AvgIpc) is 4.04. The normalized spacial score (nSPS) is 21.2. The number of benzene rings is 3. The number of alkyl halides is 4. The van der Waals surface area contributed by atoms with E-state index in [0.717, 1.165) is 66.5 Å². The van der Waals surface area contributed by atoms with Crippen molar-refractivity contribution in [3.8, 4) is 28.3 Å². The van der Waals surface area contributed by atoms with Crippen molar-refractivity contribution in [2.24, 2.45) is 10.8 Å². The molecule has 62 heavy (non-hydrogen) atoms. The number of halogens is 4. The average molecular weight is 854 g/mol. The van der Waals surface area contributed by atoms with E-state index in [1.165, 1.54) is 13.2 Å². The van der Waals surface area contributed by atoms with Crippen LogP contribution in [0.25, 0.3) is 44.7 Å². The molecule has 6 aromatic rings. The molecule has 1 unspecified atom stereocenters. The minimum Gasteiger partial charge on any atom is -0.469 e. The van der Waals surface area contributed by atoms with Gasteiger partial charge in [-0.2, -0.15) is 8.78 Å². The summed E-state index contributed by atoms with van der Waals surface area (Å²) in [5.41, 5.74) is 6.90. The maximum atomic E-state index is 14.1. The lowest BCUT2D eigenvalue weighted by Gasteiger charge is -2.27. The Morgan fingerprint density at radius 1 is 0.968 bits per heavy atom. The Balaban J connectivity index is 0.976. The number of anilines is 2. The molecule has 3 N–H and O–H groups in total. The zero-order valence-corrected chi connectivity index (χ0v) is 34.6. The van der Waals surface area contributed by atoms with Crippen molar-refractivity contribution < 1.29 is 41.4 Å². The number of carbonyl (C=O) groups is 1. The molecule has 1 saturated heterocycles. The van der Waals surface area contributed by atoms with E-state index in [0.29, 0.717) is 59.8 Å². The third-order valence-corrected chi connectivity index (χ3v) is 13.1. The minimum atomic E-state index is -3.05. The zero-order chi connectivity index (χ0) is 43.3. The number of pyridine rings is 1. The molecule has 16 heteroatoms. The van der Waals surface area contributed by atoms with Crippen molar-refractivity contribution in [3.63, 3.8) is 0 Å². The van der Waals surface area contributed by atoms with Crippen LogP contribution >= 0.6 is 0 Å². The number of hydrogen-bond donors (Lipinski definition) is 3. The lowest BCUT2D eigenvalue weighted by molar-refractivity contribution is -0.152. The highest BCUT2D eigenvalue weighted by Crippen LogP contribution is 2.61. The lowest BCUT2D eigenvalue weighted by Crippen LogP contribution is -2.30. The highest BCUT2D eigenvalue weighted by molar-refractivity contribution is 5.89. The first-order chi connectivity index (χ1) is 29.8. The maximum absolute atomic E-state index is 14.1. The molecule has 2 saturated carbocycles. The summed E-state index contributed by atoms with van der Waals surface area (Å²) in [6.07, 6.45) is 3.17. The number of β-amino-alcohol motifs (C(OH)–C–C–N with tert-alkyl or cyclic N) is 1. The van der Waals surface area contributed by atoms with Gasteiger partial charge in [0.15, 0.2) is 17.2 Å². The Hall–Kier alpha value is -5.71. The summed E-state index contributed by atoms with van der Waals surface area (Å²) in [4.78, 5) is 32.4. The van der Waals surface area contributed by atoms with E-state index in [1.54, 1.807) is 18.3 Å². The molecule has 0 amide bonds. The number of aliphatic hydroxyl groups is 1. The summed E-state index contributed by atoms with van der Waals surface area (Å²) in [5, 5.41) is 16.7. The summed E-state index contributed by atoms with van der Waals surface area (Å²) in [7, 11) is 1.43. The van der Waals surface area contributed by atoms with E-state index in [9.17, 15) is 27.5 Å². The molecule has 324 valence electrons. The van der Waals surface area contributed by atoms with Crippen LogP contribution in [0.4, 0.5) is 29.1 Å². The van der Waals surface area contributed by atoms with Gasteiger partial charge in [-0.3, -0.25) is 14.7 Å². The summed E-state index contributed by atoms with van der Waals surface area (Å²) >= 11 is 0. The van der Waals surface area contributed by atoms with Crippen LogP contribution in [-0.2, 0) is 22.6 Å². The van der Waals surface area contributed by atoms with Crippen molar-refractivity contribution >= 4 is 39.6 Å². The van der Waals surface area contributed by atoms with Gasteiger partial charge in [0.25, 0.3) is 6.43 Å². The number of methoxy groups -OCH3 is 1.